The highest BCUT2D eigenvalue weighted by molar-refractivity contribution is 14.1. The van der Waals surface area contributed by atoms with Crippen LogP contribution in [-0.4, -0.2) is 2.78 Å². The normalized spacial score (nSPS) is 17.1. The zero-order valence-electron chi connectivity index (χ0n) is 11.5. The van der Waals surface area contributed by atoms with E-state index < -0.39 is 0 Å². The lowest BCUT2D eigenvalue weighted by Crippen LogP contribution is -2.04. The van der Waals surface area contributed by atoms with Crippen LogP contribution >= 0.6 is 22.9 Å². The van der Waals surface area contributed by atoms with Crippen molar-refractivity contribution in [2.24, 2.45) is 0 Å². The van der Waals surface area contributed by atoms with Crippen molar-refractivity contribution in [3.63, 3.8) is 0 Å². The smallest absolute Gasteiger partial charge is 0.0646 e. The van der Waals surface area contributed by atoms with Crippen LogP contribution in [0.3, 0.4) is 0 Å². The molecule has 0 N–H and O–H groups in total. The zero-order valence-corrected chi connectivity index (χ0v) is 13.6. The summed E-state index contributed by atoms with van der Waals surface area (Å²) in [6.07, 6.45) is 6.96. The second kappa shape index (κ2) is 5.06. The number of fused-ring (bicyclic) bond motifs is 3. The molecule has 1 saturated carbocycles. The van der Waals surface area contributed by atoms with Crippen molar-refractivity contribution >= 4 is 44.7 Å². The highest BCUT2D eigenvalue weighted by Crippen LogP contribution is 2.37. The van der Waals surface area contributed by atoms with Gasteiger partial charge in [0, 0.05) is 10.8 Å². The number of hydrogen-bond donors (Lipinski definition) is 0. The molecule has 1 aliphatic rings. The minimum absolute atomic E-state index is 0.780. The molecule has 1 aromatic heterocycles. The Morgan fingerprint density at radius 2 is 1.60 bits per heavy atom. The van der Waals surface area contributed by atoms with E-state index in [9.17, 15) is 0 Å². The molecule has 4 rings (SSSR count). The summed E-state index contributed by atoms with van der Waals surface area (Å²) in [6, 6.07) is 15.8. The summed E-state index contributed by atoms with van der Waals surface area (Å²) >= 11 is 2.44. The molecule has 0 amide bonds. The van der Waals surface area contributed by atoms with Crippen molar-refractivity contribution in [3.8, 4) is 0 Å². The van der Waals surface area contributed by atoms with Gasteiger partial charge in [-0.25, -0.2) is 0 Å². The molecule has 1 fully saturated rings. The molecular formula is C18H18IN. The molecule has 20 heavy (non-hydrogen) atoms. The molecule has 3 aromatic rings. The van der Waals surface area contributed by atoms with E-state index in [1.54, 1.807) is 0 Å². The summed E-state index contributed by atoms with van der Waals surface area (Å²) in [6.45, 7) is 0. The molecule has 2 heteroatoms. The third-order valence-corrected chi connectivity index (χ3v) is 5.76. The van der Waals surface area contributed by atoms with Gasteiger partial charge >= 0.3 is 0 Å². The average Bonchev–Trinajstić information content (AvgIpc) is 2.81. The predicted molar refractivity (Wildman–Crippen MR) is 94.7 cm³/mol. The number of rotatable bonds is 1. The van der Waals surface area contributed by atoms with Crippen molar-refractivity contribution in [1.82, 2.24) is 2.78 Å². The van der Waals surface area contributed by atoms with Crippen molar-refractivity contribution in [2.75, 3.05) is 0 Å². The third-order valence-electron chi connectivity index (χ3n) is 4.72. The summed E-state index contributed by atoms with van der Waals surface area (Å²) in [7, 11) is 0. The Balaban J connectivity index is 1.90. The first-order valence-electron chi connectivity index (χ1n) is 7.54. The molecule has 0 unspecified atom stereocenters. The highest BCUT2D eigenvalue weighted by Gasteiger charge is 2.17. The first-order valence-corrected chi connectivity index (χ1v) is 8.50. The van der Waals surface area contributed by atoms with Gasteiger partial charge in [0.05, 0.1) is 33.9 Å². The third kappa shape index (κ3) is 1.96. The second-order valence-corrected chi connectivity index (χ2v) is 6.87. The van der Waals surface area contributed by atoms with Gasteiger partial charge in [0.2, 0.25) is 0 Å². The Bertz CT molecular complexity index is 766. The topological polar surface area (TPSA) is 4.93 Å². The van der Waals surface area contributed by atoms with Crippen LogP contribution in [-0.2, 0) is 0 Å². The number of nitrogens with zero attached hydrogens (tertiary/aromatic N) is 1. The van der Waals surface area contributed by atoms with Gasteiger partial charge in [-0.05, 0) is 36.5 Å². The molecule has 2 aromatic carbocycles. The van der Waals surface area contributed by atoms with E-state index in [4.69, 9.17) is 0 Å². The number of aromatic nitrogens is 1. The quantitative estimate of drug-likeness (QED) is 0.457. The maximum atomic E-state index is 2.44. The maximum absolute atomic E-state index is 2.44. The van der Waals surface area contributed by atoms with E-state index in [2.05, 4.69) is 68.1 Å². The summed E-state index contributed by atoms with van der Waals surface area (Å²) < 4.78 is 2.31. The minimum atomic E-state index is 0.780. The number of halogens is 1. The monoisotopic (exact) mass is 375 g/mol. The van der Waals surface area contributed by atoms with Crippen LogP contribution in [0.5, 0.6) is 0 Å². The molecule has 1 nitrogen and oxygen atoms in total. The largest absolute Gasteiger partial charge is 0.282 e. The lowest BCUT2D eigenvalue weighted by atomic mass is 9.84. The Labute approximate surface area is 133 Å². The fourth-order valence-electron chi connectivity index (χ4n) is 3.63. The van der Waals surface area contributed by atoms with Crippen LogP contribution in [0.4, 0.5) is 0 Å². The lowest BCUT2D eigenvalue weighted by Gasteiger charge is -2.22. The molecule has 102 valence electrons. The lowest BCUT2D eigenvalue weighted by molar-refractivity contribution is 0.444. The Morgan fingerprint density at radius 3 is 2.45 bits per heavy atom. The number of benzene rings is 2. The van der Waals surface area contributed by atoms with E-state index in [1.165, 1.54) is 59.5 Å². The van der Waals surface area contributed by atoms with Gasteiger partial charge in [0.15, 0.2) is 0 Å². The van der Waals surface area contributed by atoms with E-state index in [-0.39, 0.29) is 0 Å². The molecule has 0 saturated heterocycles. The van der Waals surface area contributed by atoms with Gasteiger partial charge in [-0.3, -0.25) is 2.78 Å². The van der Waals surface area contributed by atoms with E-state index in [0.29, 0.717) is 0 Å². The van der Waals surface area contributed by atoms with Crippen LogP contribution in [0.15, 0.2) is 42.5 Å². The molecule has 0 spiro atoms. The molecular weight excluding hydrogens is 357 g/mol. The maximum Gasteiger partial charge on any atom is 0.0646 e. The van der Waals surface area contributed by atoms with Gasteiger partial charge in [-0.1, -0.05) is 49.6 Å². The van der Waals surface area contributed by atoms with Crippen molar-refractivity contribution in [1.29, 1.82) is 0 Å². The fraction of sp³-hybridized carbons (Fsp3) is 0.333. The Hall–Kier alpha value is -1.03. The van der Waals surface area contributed by atoms with Crippen LogP contribution in [0, 0.1) is 0 Å². The SMILES string of the molecule is In1c2ccccc2c2ccc(C3CCCCC3)cc21. The van der Waals surface area contributed by atoms with Crippen LogP contribution in [0.2, 0.25) is 0 Å². The van der Waals surface area contributed by atoms with Gasteiger partial charge in [0.1, 0.15) is 0 Å². The molecule has 1 aliphatic carbocycles. The summed E-state index contributed by atoms with van der Waals surface area (Å²) in [5.41, 5.74) is 4.23. The van der Waals surface area contributed by atoms with Gasteiger partial charge < -0.3 is 0 Å². The molecule has 0 atom stereocenters. The zero-order chi connectivity index (χ0) is 13.5. The van der Waals surface area contributed by atoms with E-state index in [1.807, 2.05) is 0 Å². The molecule has 0 radical (unpaired) electrons. The minimum Gasteiger partial charge on any atom is -0.282 e. The average molecular weight is 375 g/mol. The molecule has 0 bridgehead atoms. The van der Waals surface area contributed by atoms with Crippen LogP contribution < -0.4 is 0 Å². The fourth-order valence-corrected chi connectivity index (χ4v) is 4.45. The molecule has 1 heterocycles. The first kappa shape index (κ1) is 12.7. The van der Waals surface area contributed by atoms with Gasteiger partial charge in [0.25, 0.3) is 0 Å². The van der Waals surface area contributed by atoms with Crippen molar-refractivity contribution in [3.05, 3.63) is 48.0 Å². The summed E-state index contributed by atoms with van der Waals surface area (Å²) in [5.74, 6) is 0.780. The highest BCUT2D eigenvalue weighted by atomic mass is 127. The van der Waals surface area contributed by atoms with Gasteiger partial charge in [-0.15, -0.1) is 0 Å². The molecule has 0 aliphatic heterocycles. The Morgan fingerprint density at radius 1 is 0.850 bits per heavy atom. The second-order valence-electron chi connectivity index (χ2n) is 5.91. The first-order chi connectivity index (χ1) is 9.84. The van der Waals surface area contributed by atoms with Crippen molar-refractivity contribution in [2.45, 2.75) is 38.0 Å². The predicted octanol–water partition coefficient (Wildman–Crippen LogP) is 6.04. The van der Waals surface area contributed by atoms with E-state index in [0.717, 1.165) is 5.92 Å². The Kier molecular flexibility index (Phi) is 3.21. The number of para-hydroxylation sites is 1. The summed E-state index contributed by atoms with van der Waals surface area (Å²) in [5, 5.41) is 2.75. The number of hydrogen-bond acceptors (Lipinski definition) is 0. The standard InChI is InChI=1S/C18H18IN/c19-20-17-9-5-4-8-15(17)16-11-10-14(12-18(16)20)13-6-2-1-3-7-13/h4-5,8-13H,1-3,6-7H2. The van der Waals surface area contributed by atoms with Crippen LogP contribution in [0.25, 0.3) is 21.8 Å². The summed E-state index contributed by atoms with van der Waals surface area (Å²) in [4.78, 5) is 0. The van der Waals surface area contributed by atoms with Crippen molar-refractivity contribution < 1.29 is 0 Å². The van der Waals surface area contributed by atoms with Crippen LogP contribution in [0.1, 0.15) is 43.6 Å². The van der Waals surface area contributed by atoms with Gasteiger partial charge in [-0.2, -0.15) is 0 Å². The van der Waals surface area contributed by atoms with E-state index >= 15 is 0 Å².